The largest absolute Gasteiger partial charge is 0.505 e. The molecule has 122 valence electrons. The summed E-state index contributed by atoms with van der Waals surface area (Å²) in [5, 5.41) is 10.2. The molecule has 1 aromatic heterocycles. The molecule has 0 aliphatic heterocycles. The molecule has 0 spiro atoms. The third-order valence-electron chi connectivity index (χ3n) is 3.23. The van der Waals surface area contributed by atoms with Crippen molar-refractivity contribution in [1.82, 2.24) is 4.98 Å². The first kappa shape index (κ1) is 16.6. The lowest BCUT2D eigenvalue weighted by Crippen LogP contribution is -2.07. The predicted octanol–water partition coefficient (Wildman–Crippen LogP) is 2.66. The first-order valence-electron chi connectivity index (χ1n) is 7.40. The van der Waals surface area contributed by atoms with Crippen LogP contribution in [0.15, 0.2) is 30.3 Å². The van der Waals surface area contributed by atoms with Crippen molar-refractivity contribution in [3.8, 4) is 5.75 Å². The maximum atomic E-state index is 12.1. The van der Waals surface area contributed by atoms with E-state index in [2.05, 4.69) is 4.98 Å². The van der Waals surface area contributed by atoms with Crippen molar-refractivity contribution in [3.05, 3.63) is 52.8 Å². The number of nitrogens with one attached hydrogen (secondary N) is 1. The highest BCUT2D eigenvalue weighted by molar-refractivity contribution is 6.00. The van der Waals surface area contributed by atoms with E-state index in [4.69, 9.17) is 9.47 Å². The Morgan fingerprint density at radius 2 is 1.65 bits per heavy atom. The number of aromatic nitrogens is 1. The fourth-order valence-corrected chi connectivity index (χ4v) is 2.25. The summed E-state index contributed by atoms with van der Waals surface area (Å²) in [6, 6.07) is 9.39. The van der Waals surface area contributed by atoms with Crippen LogP contribution in [0.1, 0.15) is 46.0 Å². The van der Waals surface area contributed by atoms with Gasteiger partial charge in [-0.1, -0.05) is 30.3 Å². The van der Waals surface area contributed by atoms with E-state index in [-0.39, 0.29) is 24.5 Å². The summed E-state index contributed by atoms with van der Waals surface area (Å²) in [5.41, 5.74) is 1.17. The molecule has 0 unspecified atom stereocenters. The number of rotatable bonds is 6. The second-order valence-electron chi connectivity index (χ2n) is 4.81. The van der Waals surface area contributed by atoms with Crippen molar-refractivity contribution in [2.24, 2.45) is 0 Å². The van der Waals surface area contributed by atoms with Gasteiger partial charge in [0, 0.05) is 12.1 Å². The molecule has 6 nitrogen and oxygen atoms in total. The number of aromatic amines is 1. The monoisotopic (exact) mass is 317 g/mol. The Kier molecular flexibility index (Phi) is 5.41. The van der Waals surface area contributed by atoms with Gasteiger partial charge in [-0.05, 0) is 19.4 Å². The van der Waals surface area contributed by atoms with Crippen LogP contribution in [0.2, 0.25) is 0 Å². The Morgan fingerprint density at radius 1 is 1.04 bits per heavy atom. The molecule has 0 radical (unpaired) electrons. The number of ether oxygens (including phenoxy) is 2. The second-order valence-corrected chi connectivity index (χ2v) is 4.81. The summed E-state index contributed by atoms with van der Waals surface area (Å²) >= 11 is 0. The van der Waals surface area contributed by atoms with Crippen LogP contribution in [-0.4, -0.2) is 35.2 Å². The highest BCUT2D eigenvalue weighted by atomic mass is 16.5. The average molecular weight is 317 g/mol. The van der Waals surface area contributed by atoms with Crippen LogP contribution in [-0.2, 0) is 15.9 Å². The van der Waals surface area contributed by atoms with Gasteiger partial charge in [0.1, 0.15) is 5.56 Å². The van der Waals surface area contributed by atoms with E-state index < -0.39 is 17.7 Å². The van der Waals surface area contributed by atoms with Crippen LogP contribution in [0.3, 0.4) is 0 Å². The summed E-state index contributed by atoms with van der Waals surface area (Å²) in [6.07, 6.45) is 0.349. The molecule has 23 heavy (non-hydrogen) atoms. The summed E-state index contributed by atoms with van der Waals surface area (Å²) < 4.78 is 9.85. The third-order valence-corrected chi connectivity index (χ3v) is 3.23. The maximum Gasteiger partial charge on any atom is 0.358 e. The Hall–Kier alpha value is -2.76. The van der Waals surface area contributed by atoms with Crippen LogP contribution in [0.5, 0.6) is 5.75 Å². The lowest BCUT2D eigenvalue weighted by atomic mass is 10.1. The van der Waals surface area contributed by atoms with Gasteiger partial charge in [-0.15, -0.1) is 0 Å². The van der Waals surface area contributed by atoms with E-state index in [1.165, 1.54) is 0 Å². The Labute approximate surface area is 134 Å². The normalized spacial score (nSPS) is 10.3. The zero-order chi connectivity index (χ0) is 16.8. The first-order valence-corrected chi connectivity index (χ1v) is 7.40. The van der Waals surface area contributed by atoms with Crippen molar-refractivity contribution in [2.45, 2.75) is 20.3 Å². The van der Waals surface area contributed by atoms with Crippen molar-refractivity contribution >= 4 is 11.9 Å². The quantitative estimate of drug-likeness (QED) is 0.800. The van der Waals surface area contributed by atoms with Crippen molar-refractivity contribution in [3.63, 3.8) is 0 Å². The molecule has 2 N–H and O–H groups in total. The number of hydrogen-bond acceptors (Lipinski definition) is 5. The second kappa shape index (κ2) is 7.49. The molecule has 0 bridgehead atoms. The Balaban J connectivity index is 2.43. The van der Waals surface area contributed by atoms with Crippen LogP contribution in [0.25, 0.3) is 0 Å². The topological polar surface area (TPSA) is 88.6 Å². The van der Waals surface area contributed by atoms with Gasteiger partial charge in [0.2, 0.25) is 0 Å². The molecule has 0 amide bonds. The van der Waals surface area contributed by atoms with Gasteiger partial charge >= 0.3 is 11.9 Å². The highest BCUT2D eigenvalue weighted by Gasteiger charge is 2.28. The van der Waals surface area contributed by atoms with Crippen LogP contribution in [0, 0.1) is 0 Å². The molecule has 0 fully saturated rings. The Morgan fingerprint density at radius 3 is 2.26 bits per heavy atom. The minimum absolute atomic E-state index is 0.0289. The van der Waals surface area contributed by atoms with Crippen molar-refractivity contribution in [1.29, 1.82) is 0 Å². The summed E-state index contributed by atoms with van der Waals surface area (Å²) in [6.45, 7) is 3.67. The van der Waals surface area contributed by atoms with Gasteiger partial charge < -0.3 is 19.6 Å². The fraction of sp³-hybridized carbons (Fsp3) is 0.294. The molecule has 1 heterocycles. The Bertz CT molecular complexity index is 691. The number of aromatic hydroxyl groups is 1. The fourth-order valence-electron chi connectivity index (χ4n) is 2.25. The summed E-state index contributed by atoms with van der Waals surface area (Å²) in [5.74, 6) is -1.83. The highest BCUT2D eigenvalue weighted by Crippen LogP contribution is 2.29. The van der Waals surface area contributed by atoms with E-state index in [9.17, 15) is 14.7 Å². The summed E-state index contributed by atoms with van der Waals surface area (Å²) in [4.78, 5) is 26.8. The lowest BCUT2D eigenvalue weighted by molar-refractivity contribution is 0.0516. The van der Waals surface area contributed by atoms with Gasteiger partial charge in [0.05, 0.1) is 13.2 Å². The van der Waals surface area contributed by atoms with Crippen LogP contribution in [0.4, 0.5) is 0 Å². The smallest absolute Gasteiger partial charge is 0.358 e. The molecular formula is C17H19NO5. The summed E-state index contributed by atoms with van der Waals surface area (Å²) in [7, 11) is 0. The van der Waals surface area contributed by atoms with E-state index in [0.717, 1.165) is 5.56 Å². The molecule has 0 saturated heterocycles. The van der Waals surface area contributed by atoms with E-state index in [1.807, 2.05) is 30.3 Å². The minimum Gasteiger partial charge on any atom is -0.505 e. The van der Waals surface area contributed by atoms with Crippen LogP contribution < -0.4 is 0 Å². The average Bonchev–Trinajstić information content (AvgIpc) is 2.85. The molecule has 0 aliphatic carbocycles. The van der Waals surface area contributed by atoms with Gasteiger partial charge in [0.25, 0.3) is 0 Å². The molecule has 0 aliphatic rings. The molecule has 0 atom stereocenters. The van der Waals surface area contributed by atoms with E-state index >= 15 is 0 Å². The zero-order valence-electron chi connectivity index (χ0n) is 13.1. The number of esters is 2. The van der Waals surface area contributed by atoms with Crippen molar-refractivity contribution < 1.29 is 24.2 Å². The van der Waals surface area contributed by atoms with Gasteiger partial charge in [-0.3, -0.25) is 0 Å². The number of carbonyl (C=O) groups excluding carboxylic acids is 2. The standard InChI is InChI=1S/C17H19NO5/c1-3-22-16(20)13-12(10-11-8-6-5-7-9-11)18-14(15(13)19)17(21)23-4-2/h5-9,18-19H,3-4,10H2,1-2H3. The molecule has 2 aromatic rings. The minimum atomic E-state index is -0.713. The van der Waals surface area contributed by atoms with Gasteiger partial charge in [0.15, 0.2) is 11.4 Å². The molecule has 2 rings (SSSR count). The maximum absolute atomic E-state index is 12.1. The SMILES string of the molecule is CCOC(=O)c1[nH]c(Cc2ccccc2)c(C(=O)OCC)c1O. The third kappa shape index (κ3) is 3.71. The predicted molar refractivity (Wildman–Crippen MR) is 83.6 cm³/mol. The van der Waals surface area contributed by atoms with E-state index in [0.29, 0.717) is 12.1 Å². The molecular weight excluding hydrogens is 298 g/mol. The van der Waals surface area contributed by atoms with Crippen molar-refractivity contribution in [2.75, 3.05) is 13.2 Å². The van der Waals surface area contributed by atoms with Gasteiger partial charge in [-0.2, -0.15) is 0 Å². The van der Waals surface area contributed by atoms with E-state index in [1.54, 1.807) is 13.8 Å². The van der Waals surface area contributed by atoms with Gasteiger partial charge in [-0.25, -0.2) is 9.59 Å². The number of H-pyrrole nitrogens is 1. The number of hydrogen-bond donors (Lipinski definition) is 2. The lowest BCUT2D eigenvalue weighted by Gasteiger charge is -2.04. The number of carbonyl (C=O) groups is 2. The molecule has 1 aromatic carbocycles. The number of benzene rings is 1. The first-order chi connectivity index (χ1) is 11.1. The molecule has 0 saturated carbocycles. The zero-order valence-corrected chi connectivity index (χ0v) is 13.1. The molecule has 6 heteroatoms. The van der Waals surface area contributed by atoms with Crippen LogP contribution >= 0.6 is 0 Å².